The van der Waals surface area contributed by atoms with E-state index in [1.54, 1.807) is 0 Å². The molecule has 2 N–H and O–H groups in total. The van der Waals surface area contributed by atoms with Crippen LogP contribution < -0.4 is 5.73 Å². The summed E-state index contributed by atoms with van der Waals surface area (Å²) in [5.41, 5.74) is 7.74. The van der Waals surface area contributed by atoms with Crippen LogP contribution in [0.4, 0.5) is 0 Å². The van der Waals surface area contributed by atoms with E-state index in [4.69, 9.17) is 5.73 Å². The van der Waals surface area contributed by atoms with Gasteiger partial charge in [0.15, 0.2) is 0 Å². The highest BCUT2D eigenvalue weighted by atomic mass is 15.2. The zero-order valence-corrected chi connectivity index (χ0v) is 13.6. The molecule has 1 aromatic heterocycles. The summed E-state index contributed by atoms with van der Waals surface area (Å²) < 4.78 is 0. The zero-order chi connectivity index (χ0) is 15.1. The van der Waals surface area contributed by atoms with Gasteiger partial charge in [-0.2, -0.15) is 0 Å². The number of nitrogens with zero attached hydrogens (tertiary/aromatic N) is 3. The van der Waals surface area contributed by atoms with Crippen LogP contribution in [0.25, 0.3) is 0 Å². The molecule has 0 saturated carbocycles. The molecule has 1 unspecified atom stereocenters. The number of likely N-dealkylation sites (N-methyl/N-ethyl adjacent to an activating group) is 1. The van der Waals surface area contributed by atoms with Gasteiger partial charge in [0.05, 0.1) is 0 Å². The molecule has 1 aromatic rings. The smallest absolute Gasteiger partial charge is 0.0347 e. The Kier molecular flexibility index (Phi) is 6.15. The predicted octanol–water partition coefficient (Wildman–Crippen LogP) is 2.11. The van der Waals surface area contributed by atoms with Crippen molar-refractivity contribution in [2.45, 2.75) is 45.2 Å². The number of hydrogen-bond donors (Lipinski definition) is 1. The number of aromatic nitrogens is 1. The highest BCUT2D eigenvalue weighted by Crippen LogP contribution is 2.29. The van der Waals surface area contributed by atoms with E-state index in [1.165, 1.54) is 37.9 Å². The average molecular weight is 290 g/mol. The summed E-state index contributed by atoms with van der Waals surface area (Å²) in [6.45, 7) is 10.8. The Balaban J connectivity index is 2.12. The SMILES string of the molecule is CCN1CCCC(CN)(N(CC)Cc2ccncc2)CC1. The quantitative estimate of drug-likeness (QED) is 0.871. The van der Waals surface area contributed by atoms with Crippen molar-refractivity contribution in [1.29, 1.82) is 0 Å². The maximum Gasteiger partial charge on any atom is 0.0347 e. The van der Waals surface area contributed by atoms with Crippen LogP contribution in [0.3, 0.4) is 0 Å². The first-order chi connectivity index (χ1) is 10.2. The molecule has 0 aromatic carbocycles. The number of pyridine rings is 1. The molecule has 118 valence electrons. The van der Waals surface area contributed by atoms with Crippen LogP contribution in [0.1, 0.15) is 38.7 Å². The normalized spacial score (nSPS) is 24.2. The molecule has 2 heterocycles. The van der Waals surface area contributed by atoms with Gasteiger partial charge in [0.2, 0.25) is 0 Å². The van der Waals surface area contributed by atoms with Gasteiger partial charge < -0.3 is 10.6 Å². The van der Waals surface area contributed by atoms with Crippen molar-refractivity contribution >= 4 is 0 Å². The predicted molar refractivity (Wildman–Crippen MR) is 88.1 cm³/mol. The van der Waals surface area contributed by atoms with Crippen molar-refractivity contribution in [1.82, 2.24) is 14.8 Å². The molecule has 1 aliphatic heterocycles. The van der Waals surface area contributed by atoms with Crippen molar-refractivity contribution in [3.63, 3.8) is 0 Å². The largest absolute Gasteiger partial charge is 0.329 e. The lowest BCUT2D eigenvalue weighted by Gasteiger charge is -2.43. The van der Waals surface area contributed by atoms with E-state index in [0.29, 0.717) is 0 Å². The Bertz CT molecular complexity index is 409. The van der Waals surface area contributed by atoms with Gasteiger partial charge >= 0.3 is 0 Å². The summed E-state index contributed by atoms with van der Waals surface area (Å²) in [4.78, 5) is 9.25. The summed E-state index contributed by atoms with van der Waals surface area (Å²) in [6.07, 6.45) is 7.39. The fourth-order valence-electron chi connectivity index (χ4n) is 3.52. The summed E-state index contributed by atoms with van der Waals surface area (Å²) in [5, 5.41) is 0. The molecular weight excluding hydrogens is 260 g/mol. The van der Waals surface area contributed by atoms with E-state index < -0.39 is 0 Å². The van der Waals surface area contributed by atoms with Crippen LogP contribution in [0.15, 0.2) is 24.5 Å². The van der Waals surface area contributed by atoms with E-state index in [1.807, 2.05) is 12.4 Å². The van der Waals surface area contributed by atoms with Gasteiger partial charge in [-0.15, -0.1) is 0 Å². The highest BCUT2D eigenvalue weighted by Gasteiger charge is 2.36. The summed E-state index contributed by atoms with van der Waals surface area (Å²) in [7, 11) is 0. The van der Waals surface area contributed by atoms with Crippen LogP contribution in [0.2, 0.25) is 0 Å². The topological polar surface area (TPSA) is 45.4 Å². The first-order valence-corrected chi connectivity index (χ1v) is 8.30. The van der Waals surface area contributed by atoms with Gasteiger partial charge in [-0.3, -0.25) is 9.88 Å². The number of likely N-dealkylation sites (tertiary alicyclic amines) is 1. The van der Waals surface area contributed by atoms with E-state index in [2.05, 4.69) is 40.8 Å². The van der Waals surface area contributed by atoms with Gasteiger partial charge in [-0.25, -0.2) is 0 Å². The lowest BCUT2D eigenvalue weighted by atomic mass is 9.88. The summed E-state index contributed by atoms with van der Waals surface area (Å²) >= 11 is 0. The molecule has 0 aliphatic carbocycles. The first-order valence-electron chi connectivity index (χ1n) is 8.30. The van der Waals surface area contributed by atoms with Crippen molar-refractivity contribution in [3.05, 3.63) is 30.1 Å². The Morgan fingerprint density at radius 1 is 1.24 bits per heavy atom. The molecule has 0 bridgehead atoms. The molecule has 0 amide bonds. The van der Waals surface area contributed by atoms with E-state index in [0.717, 1.165) is 26.2 Å². The summed E-state index contributed by atoms with van der Waals surface area (Å²) in [6, 6.07) is 4.23. The van der Waals surface area contributed by atoms with Crippen molar-refractivity contribution in [2.75, 3.05) is 32.7 Å². The van der Waals surface area contributed by atoms with E-state index >= 15 is 0 Å². The second-order valence-electron chi connectivity index (χ2n) is 6.09. The zero-order valence-electron chi connectivity index (χ0n) is 13.6. The van der Waals surface area contributed by atoms with Crippen molar-refractivity contribution < 1.29 is 0 Å². The van der Waals surface area contributed by atoms with Crippen molar-refractivity contribution in [3.8, 4) is 0 Å². The Labute approximate surface area is 129 Å². The van der Waals surface area contributed by atoms with Crippen LogP contribution in [-0.4, -0.2) is 53.0 Å². The molecule has 2 rings (SSSR count). The van der Waals surface area contributed by atoms with Crippen molar-refractivity contribution in [2.24, 2.45) is 5.73 Å². The van der Waals surface area contributed by atoms with Gasteiger partial charge in [-0.05, 0) is 63.1 Å². The fourth-order valence-corrected chi connectivity index (χ4v) is 3.52. The molecule has 4 heteroatoms. The van der Waals surface area contributed by atoms with E-state index in [-0.39, 0.29) is 5.54 Å². The lowest BCUT2D eigenvalue weighted by Crippen LogP contribution is -2.54. The minimum Gasteiger partial charge on any atom is -0.329 e. The summed E-state index contributed by atoms with van der Waals surface area (Å²) in [5.74, 6) is 0. The molecule has 1 aliphatic rings. The minimum absolute atomic E-state index is 0.155. The third-order valence-electron chi connectivity index (χ3n) is 5.01. The maximum atomic E-state index is 6.25. The van der Waals surface area contributed by atoms with Gasteiger partial charge in [0, 0.05) is 31.0 Å². The lowest BCUT2D eigenvalue weighted by molar-refractivity contribution is 0.0757. The maximum absolute atomic E-state index is 6.25. The van der Waals surface area contributed by atoms with E-state index in [9.17, 15) is 0 Å². The molecule has 1 fully saturated rings. The monoisotopic (exact) mass is 290 g/mol. The van der Waals surface area contributed by atoms with Crippen LogP contribution >= 0.6 is 0 Å². The third kappa shape index (κ3) is 4.02. The fraction of sp³-hybridized carbons (Fsp3) is 0.706. The molecule has 1 atom stereocenters. The first kappa shape index (κ1) is 16.4. The number of rotatable bonds is 6. The Hall–Kier alpha value is -0.970. The Morgan fingerprint density at radius 2 is 2.00 bits per heavy atom. The number of nitrogens with two attached hydrogens (primary N) is 1. The molecule has 21 heavy (non-hydrogen) atoms. The van der Waals surface area contributed by atoms with Gasteiger partial charge in [0.25, 0.3) is 0 Å². The molecule has 0 spiro atoms. The highest BCUT2D eigenvalue weighted by molar-refractivity contribution is 5.11. The standard InChI is InChI=1S/C17H30N4/c1-3-20-12-5-8-17(15-18,9-13-20)21(4-2)14-16-6-10-19-11-7-16/h6-7,10-11H,3-5,8-9,12-15,18H2,1-2H3. The van der Waals surface area contributed by atoms with Crippen LogP contribution in [-0.2, 0) is 6.54 Å². The second kappa shape index (κ2) is 7.87. The molecule has 4 nitrogen and oxygen atoms in total. The Morgan fingerprint density at radius 3 is 2.62 bits per heavy atom. The average Bonchev–Trinajstić information content (AvgIpc) is 2.76. The molecule has 0 radical (unpaired) electrons. The third-order valence-corrected chi connectivity index (χ3v) is 5.01. The van der Waals surface area contributed by atoms with Crippen LogP contribution in [0.5, 0.6) is 0 Å². The second-order valence-corrected chi connectivity index (χ2v) is 6.09. The number of hydrogen-bond acceptors (Lipinski definition) is 4. The van der Waals surface area contributed by atoms with Crippen LogP contribution in [0, 0.1) is 0 Å². The molecule has 1 saturated heterocycles. The minimum atomic E-state index is 0.155. The van der Waals surface area contributed by atoms with Gasteiger partial charge in [-0.1, -0.05) is 13.8 Å². The van der Waals surface area contributed by atoms with Gasteiger partial charge in [0.1, 0.15) is 0 Å². The molecular formula is C17H30N4.